The molecule has 0 saturated heterocycles. The van der Waals surface area contributed by atoms with Gasteiger partial charge >= 0.3 is 0 Å². The molecule has 3 N–H and O–H groups in total. The van der Waals surface area contributed by atoms with Crippen molar-refractivity contribution in [1.29, 1.82) is 0 Å². The Kier molecular flexibility index (Phi) is 4.01. The molecule has 98 valence electrons. The van der Waals surface area contributed by atoms with Crippen LogP contribution in [0.4, 0.5) is 8.78 Å². The minimum Gasteiger partial charge on any atom is -0.409 e. The molecular weight excluding hydrogens is 270 g/mol. The van der Waals surface area contributed by atoms with Gasteiger partial charge in [0.1, 0.15) is 11.6 Å². The van der Waals surface area contributed by atoms with E-state index in [1.807, 2.05) is 0 Å². The first-order valence-corrected chi connectivity index (χ1v) is 6.12. The van der Waals surface area contributed by atoms with Gasteiger partial charge in [0.25, 0.3) is 0 Å². The van der Waals surface area contributed by atoms with Gasteiger partial charge in [0.2, 0.25) is 0 Å². The number of benzene rings is 2. The Morgan fingerprint density at radius 1 is 1.11 bits per heavy atom. The third-order valence-corrected chi connectivity index (χ3v) is 3.41. The van der Waals surface area contributed by atoms with E-state index >= 15 is 0 Å². The van der Waals surface area contributed by atoms with E-state index in [9.17, 15) is 8.78 Å². The molecule has 0 spiro atoms. The predicted molar refractivity (Wildman–Crippen MR) is 69.4 cm³/mol. The van der Waals surface area contributed by atoms with Gasteiger partial charge in [-0.15, -0.1) is 0 Å². The molecule has 0 amide bonds. The Balaban J connectivity index is 2.40. The fourth-order valence-electron chi connectivity index (χ4n) is 1.50. The average Bonchev–Trinajstić information content (AvgIpc) is 2.40. The Hall–Kier alpha value is -2.08. The van der Waals surface area contributed by atoms with E-state index in [0.717, 1.165) is 6.07 Å². The molecule has 2 aromatic carbocycles. The molecule has 0 radical (unpaired) electrons. The number of hydrogen-bond donors (Lipinski definition) is 2. The maximum atomic E-state index is 13.2. The molecular formula is C13H10F2N2OS. The van der Waals surface area contributed by atoms with Crippen LogP contribution in [0.25, 0.3) is 0 Å². The number of oxime groups is 1. The smallest absolute Gasteiger partial charge is 0.171 e. The molecule has 2 rings (SSSR count). The van der Waals surface area contributed by atoms with Crippen LogP contribution in [-0.2, 0) is 0 Å². The molecule has 0 unspecified atom stereocenters. The van der Waals surface area contributed by atoms with Crippen molar-refractivity contribution >= 4 is 17.6 Å². The topological polar surface area (TPSA) is 58.6 Å². The van der Waals surface area contributed by atoms with Gasteiger partial charge in [-0.1, -0.05) is 23.0 Å². The molecule has 0 atom stereocenters. The summed E-state index contributed by atoms with van der Waals surface area (Å²) < 4.78 is 26.3. The summed E-state index contributed by atoms with van der Waals surface area (Å²) in [6.07, 6.45) is 0. The Morgan fingerprint density at radius 3 is 2.53 bits per heavy atom. The van der Waals surface area contributed by atoms with Crippen molar-refractivity contribution in [2.24, 2.45) is 10.9 Å². The maximum absolute atomic E-state index is 13.2. The van der Waals surface area contributed by atoms with Gasteiger partial charge in [0.05, 0.1) is 0 Å². The van der Waals surface area contributed by atoms with Gasteiger partial charge in [0.15, 0.2) is 5.84 Å². The minimum atomic E-state index is -0.495. The van der Waals surface area contributed by atoms with Crippen LogP contribution in [-0.4, -0.2) is 11.0 Å². The highest BCUT2D eigenvalue weighted by Crippen LogP contribution is 2.31. The number of halogens is 2. The standard InChI is InChI=1S/C13H10F2N2OS/c14-8-2-1-3-10(6-8)19-12-5-4-9(15)7-11(12)13(16)17-18/h1-7,18H,(H2,16,17). The Morgan fingerprint density at radius 2 is 1.84 bits per heavy atom. The second kappa shape index (κ2) is 5.71. The van der Waals surface area contributed by atoms with Gasteiger partial charge in [0, 0.05) is 15.4 Å². The van der Waals surface area contributed by atoms with Gasteiger partial charge in [-0.05, 0) is 36.4 Å². The lowest BCUT2D eigenvalue weighted by Crippen LogP contribution is -2.14. The van der Waals surface area contributed by atoms with Crippen LogP contribution >= 0.6 is 11.8 Å². The highest BCUT2D eigenvalue weighted by atomic mass is 32.2. The van der Waals surface area contributed by atoms with E-state index in [1.54, 1.807) is 12.1 Å². The van der Waals surface area contributed by atoms with Crippen LogP contribution in [0.1, 0.15) is 5.56 Å². The largest absolute Gasteiger partial charge is 0.409 e. The summed E-state index contributed by atoms with van der Waals surface area (Å²) in [5, 5.41) is 11.5. The number of nitrogens with two attached hydrogens (primary N) is 1. The molecule has 6 heteroatoms. The van der Waals surface area contributed by atoms with Gasteiger partial charge in [-0.2, -0.15) is 0 Å². The zero-order chi connectivity index (χ0) is 13.8. The zero-order valence-corrected chi connectivity index (χ0v) is 10.5. The van der Waals surface area contributed by atoms with E-state index in [1.165, 1.54) is 36.0 Å². The molecule has 0 fully saturated rings. The molecule has 0 aliphatic carbocycles. The first-order valence-electron chi connectivity index (χ1n) is 5.31. The molecule has 0 saturated carbocycles. The van der Waals surface area contributed by atoms with Crippen molar-refractivity contribution in [2.45, 2.75) is 9.79 Å². The third kappa shape index (κ3) is 3.23. The van der Waals surface area contributed by atoms with Crippen LogP contribution in [0.15, 0.2) is 57.4 Å². The predicted octanol–water partition coefficient (Wildman–Crippen LogP) is 3.21. The number of nitrogens with zero attached hydrogens (tertiary/aromatic N) is 1. The average molecular weight is 280 g/mol. The molecule has 0 aromatic heterocycles. The van der Waals surface area contributed by atoms with Crippen molar-refractivity contribution in [3.63, 3.8) is 0 Å². The first-order chi connectivity index (χ1) is 9.10. The SMILES string of the molecule is NC(=NO)c1cc(F)ccc1Sc1cccc(F)c1. The summed E-state index contributed by atoms with van der Waals surface area (Å²) in [7, 11) is 0. The summed E-state index contributed by atoms with van der Waals surface area (Å²) in [6.45, 7) is 0. The van der Waals surface area contributed by atoms with E-state index < -0.39 is 5.82 Å². The van der Waals surface area contributed by atoms with Crippen molar-refractivity contribution in [3.05, 3.63) is 59.7 Å². The van der Waals surface area contributed by atoms with Crippen LogP contribution in [0.5, 0.6) is 0 Å². The molecule has 0 heterocycles. The summed E-state index contributed by atoms with van der Waals surface area (Å²) in [4.78, 5) is 1.21. The number of hydrogen-bond acceptors (Lipinski definition) is 3. The van der Waals surface area contributed by atoms with Gasteiger partial charge in [-0.3, -0.25) is 0 Å². The molecule has 19 heavy (non-hydrogen) atoms. The number of amidine groups is 1. The molecule has 3 nitrogen and oxygen atoms in total. The summed E-state index contributed by atoms with van der Waals surface area (Å²) in [5.41, 5.74) is 5.75. The highest BCUT2D eigenvalue weighted by Gasteiger charge is 2.10. The summed E-state index contributed by atoms with van der Waals surface area (Å²) in [5.74, 6) is -1.05. The monoisotopic (exact) mass is 280 g/mol. The highest BCUT2D eigenvalue weighted by molar-refractivity contribution is 7.99. The Labute approximate surface area is 112 Å². The van der Waals surface area contributed by atoms with Crippen molar-refractivity contribution in [2.75, 3.05) is 0 Å². The summed E-state index contributed by atoms with van der Waals surface area (Å²) in [6, 6.07) is 9.89. The minimum absolute atomic E-state index is 0.196. The normalized spacial score (nSPS) is 11.6. The van der Waals surface area contributed by atoms with Gasteiger partial charge in [-0.25, -0.2) is 8.78 Å². The first kappa shape index (κ1) is 13.4. The van der Waals surface area contributed by atoms with E-state index in [2.05, 4.69) is 5.16 Å². The van der Waals surface area contributed by atoms with Crippen LogP contribution in [0, 0.1) is 11.6 Å². The Bertz CT molecular complexity index is 632. The van der Waals surface area contributed by atoms with E-state index in [0.29, 0.717) is 9.79 Å². The fraction of sp³-hybridized carbons (Fsp3) is 0. The summed E-state index contributed by atoms with van der Waals surface area (Å²) >= 11 is 1.20. The van der Waals surface area contributed by atoms with E-state index in [-0.39, 0.29) is 17.2 Å². The molecule has 0 aliphatic rings. The van der Waals surface area contributed by atoms with Crippen molar-refractivity contribution in [1.82, 2.24) is 0 Å². The van der Waals surface area contributed by atoms with Crippen LogP contribution in [0.3, 0.4) is 0 Å². The lowest BCUT2D eigenvalue weighted by Gasteiger charge is -2.08. The lowest BCUT2D eigenvalue weighted by atomic mass is 10.2. The quantitative estimate of drug-likeness (QED) is 0.393. The molecule has 0 bridgehead atoms. The zero-order valence-electron chi connectivity index (χ0n) is 9.68. The van der Waals surface area contributed by atoms with Crippen LogP contribution in [0.2, 0.25) is 0 Å². The van der Waals surface area contributed by atoms with E-state index in [4.69, 9.17) is 10.9 Å². The second-order valence-electron chi connectivity index (χ2n) is 3.69. The van der Waals surface area contributed by atoms with Gasteiger partial charge < -0.3 is 10.9 Å². The van der Waals surface area contributed by atoms with Crippen molar-refractivity contribution in [3.8, 4) is 0 Å². The van der Waals surface area contributed by atoms with Crippen LogP contribution < -0.4 is 5.73 Å². The molecule has 2 aromatic rings. The lowest BCUT2D eigenvalue weighted by molar-refractivity contribution is 0.318. The van der Waals surface area contributed by atoms with Crippen molar-refractivity contribution < 1.29 is 14.0 Å². The fourth-order valence-corrected chi connectivity index (χ4v) is 2.48. The maximum Gasteiger partial charge on any atom is 0.171 e. The molecule has 0 aliphatic heterocycles. The second-order valence-corrected chi connectivity index (χ2v) is 4.80. The third-order valence-electron chi connectivity index (χ3n) is 2.35. The number of rotatable bonds is 3.